The molecule has 0 spiro atoms. The van der Waals surface area contributed by atoms with Crippen LogP contribution in [-0.4, -0.2) is 18.3 Å². The molecule has 2 rings (SSSR count). The van der Waals surface area contributed by atoms with Gasteiger partial charge in [-0.25, -0.2) is 0 Å². The number of hydrogen-bond donors (Lipinski definition) is 1. The summed E-state index contributed by atoms with van der Waals surface area (Å²) >= 11 is 1.49. The third kappa shape index (κ3) is 4.60. The summed E-state index contributed by atoms with van der Waals surface area (Å²) in [5, 5.41) is 4.07. The smallest absolute Gasteiger partial charge is 0.163 e. The maximum absolute atomic E-state index is 12.0. The highest BCUT2D eigenvalue weighted by atomic mass is 32.2. The first-order valence-electron chi connectivity index (χ1n) is 6.91. The minimum absolute atomic E-state index is 0.0209. The molecule has 0 aromatic heterocycles. The zero-order chi connectivity index (χ0) is 15.8. The molecular weight excluding hydrogens is 292 g/mol. The van der Waals surface area contributed by atoms with Gasteiger partial charge in [-0.1, -0.05) is 36.4 Å². The predicted octanol–water partition coefficient (Wildman–Crippen LogP) is 4.66. The van der Waals surface area contributed by atoms with Crippen LogP contribution in [0.25, 0.3) is 0 Å². The quantitative estimate of drug-likeness (QED) is 0.623. The van der Waals surface area contributed by atoms with Crippen molar-refractivity contribution in [1.82, 2.24) is 0 Å². The maximum Gasteiger partial charge on any atom is 0.163 e. The first-order chi connectivity index (χ1) is 10.7. The minimum Gasteiger partial charge on any atom is -0.350 e. The highest BCUT2D eigenvalue weighted by Crippen LogP contribution is 2.21. The number of nitrogens with zero attached hydrogens (tertiary/aromatic N) is 1. The number of ketones is 1. The Bertz CT molecular complexity index is 679. The standard InChI is InChI=1S/C18H18N2OS/c1-14(21)17(13-19-15-9-5-3-6-10-15)18(22-2)20-16-11-7-4-8-12-16/h3-13,20H,1-2H3/b18-17+,19-13?. The Kier molecular flexibility index (Phi) is 5.98. The molecule has 0 aliphatic rings. The first-order valence-corrected chi connectivity index (χ1v) is 8.13. The average molecular weight is 310 g/mol. The van der Waals surface area contributed by atoms with Crippen molar-refractivity contribution >= 4 is 35.1 Å². The maximum atomic E-state index is 12.0. The van der Waals surface area contributed by atoms with E-state index in [-0.39, 0.29) is 5.78 Å². The fourth-order valence-electron chi connectivity index (χ4n) is 1.84. The van der Waals surface area contributed by atoms with Crippen LogP contribution < -0.4 is 5.32 Å². The van der Waals surface area contributed by atoms with Crippen molar-refractivity contribution in [2.24, 2.45) is 4.99 Å². The van der Waals surface area contributed by atoms with Crippen LogP contribution in [0.5, 0.6) is 0 Å². The molecule has 0 saturated heterocycles. The highest BCUT2D eigenvalue weighted by Gasteiger charge is 2.09. The van der Waals surface area contributed by atoms with Crippen molar-refractivity contribution in [1.29, 1.82) is 0 Å². The number of anilines is 1. The fraction of sp³-hybridized carbons (Fsp3) is 0.111. The van der Waals surface area contributed by atoms with Gasteiger partial charge in [0.05, 0.1) is 16.3 Å². The number of allylic oxidation sites excluding steroid dienone is 1. The lowest BCUT2D eigenvalue weighted by Crippen LogP contribution is -2.07. The summed E-state index contributed by atoms with van der Waals surface area (Å²) in [6.07, 6.45) is 3.56. The van der Waals surface area contributed by atoms with E-state index in [0.29, 0.717) is 5.57 Å². The van der Waals surface area contributed by atoms with Crippen LogP contribution in [0.1, 0.15) is 6.92 Å². The molecule has 3 nitrogen and oxygen atoms in total. The van der Waals surface area contributed by atoms with Crippen molar-refractivity contribution in [3.05, 3.63) is 71.3 Å². The number of aliphatic imine (C=N–C) groups is 1. The van der Waals surface area contributed by atoms with Crippen LogP contribution in [0, 0.1) is 0 Å². The van der Waals surface area contributed by atoms with Gasteiger partial charge in [-0.2, -0.15) is 0 Å². The summed E-state index contributed by atoms with van der Waals surface area (Å²) in [6, 6.07) is 19.3. The molecular formula is C18H18N2OS. The molecule has 0 fully saturated rings. The number of Topliss-reactive ketones (excluding diaryl/α,β-unsaturated/α-hetero) is 1. The number of hydrogen-bond acceptors (Lipinski definition) is 4. The molecule has 112 valence electrons. The molecule has 0 aliphatic heterocycles. The summed E-state index contributed by atoms with van der Waals surface area (Å²) in [7, 11) is 0. The van der Waals surface area contributed by atoms with Gasteiger partial charge in [0.1, 0.15) is 0 Å². The summed E-state index contributed by atoms with van der Waals surface area (Å²) in [5.41, 5.74) is 2.33. The summed E-state index contributed by atoms with van der Waals surface area (Å²) < 4.78 is 0. The van der Waals surface area contributed by atoms with Crippen molar-refractivity contribution in [3.8, 4) is 0 Å². The third-order valence-corrected chi connectivity index (χ3v) is 3.69. The molecule has 0 aliphatic carbocycles. The monoisotopic (exact) mass is 310 g/mol. The predicted molar refractivity (Wildman–Crippen MR) is 95.9 cm³/mol. The van der Waals surface area contributed by atoms with Crippen LogP contribution in [0.4, 0.5) is 11.4 Å². The number of thioether (sulfide) groups is 1. The van der Waals surface area contributed by atoms with Crippen LogP contribution in [0.2, 0.25) is 0 Å². The molecule has 2 aromatic carbocycles. The summed E-state index contributed by atoms with van der Waals surface area (Å²) in [5.74, 6) is -0.0209. The van der Waals surface area contributed by atoms with E-state index in [9.17, 15) is 4.79 Å². The molecule has 0 amide bonds. The second-order valence-corrected chi connectivity index (χ2v) is 5.40. The molecule has 22 heavy (non-hydrogen) atoms. The third-order valence-electron chi connectivity index (χ3n) is 2.96. The molecule has 0 heterocycles. The fourth-order valence-corrected chi connectivity index (χ4v) is 2.48. The lowest BCUT2D eigenvalue weighted by molar-refractivity contribution is -0.113. The van der Waals surface area contributed by atoms with Gasteiger partial charge in [-0.05, 0) is 37.4 Å². The van der Waals surface area contributed by atoms with Crippen LogP contribution >= 0.6 is 11.8 Å². The van der Waals surface area contributed by atoms with Gasteiger partial charge < -0.3 is 5.32 Å². The van der Waals surface area contributed by atoms with Gasteiger partial charge in [-0.15, -0.1) is 11.8 Å². The Hall–Kier alpha value is -2.33. The van der Waals surface area contributed by atoms with E-state index in [4.69, 9.17) is 0 Å². The lowest BCUT2D eigenvalue weighted by Gasteiger charge is -2.11. The molecule has 0 bridgehead atoms. The normalized spacial score (nSPS) is 12.1. The molecule has 0 atom stereocenters. The number of para-hydroxylation sites is 2. The van der Waals surface area contributed by atoms with Crippen LogP contribution in [0.15, 0.2) is 76.3 Å². The minimum atomic E-state index is -0.0209. The first kappa shape index (κ1) is 16.0. The second kappa shape index (κ2) is 8.20. The molecule has 2 aromatic rings. The second-order valence-electron chi connectivity index (χ2n) is 4.59. The highest BCUT2D eigenvalue weighted by molar-refractivity contribution is 8.02. The van der Waals surface area contributed by atoms with Crippen molar-refractivity contribution in [2.75, 3.05) is 11.6 Å². The molecule has 0 radical (unpaired) electrons. The summed E-state index contributed by atoms with van der Waals surface area (Å²) in [4.78, 5) is 16.3. The van der Waals surface area contributed by atoms with Crippen LogP contribution in [0.3, 0.4) is 0 Å². The Morgan fingerprint density at radius 2 is 1.64 bits per heavy atom. The van der Waals surface area contributed by atoms with Gasteiger partial charge in [0, 0.05) is 11.9 Å². The van der Waals surface area contributed by atoms with Crippen LogP contribution in [-0.2, 0) is 4.79 Å². The molecule has 1 N–H and O–H groups in total. The van der Waals surface area contributed by atoms with E-state index < -0.39 is 0 Å². The number of rotatable bonds is 6. The topological polar surface area (TPSA) is 41.5 Å². The Morgan fingerprint density at radius 3 is 2.18 bits per heavy atom. The average Bonchev–Trinajstić information content (AvgIpc) is 2.55. The molecule has 0 unspecified atom stereocenters. The Morgan fingerprint density at radius 1 is 1.05 bits per heavy atom. The zero-order valence-corrected chi connectivity index (χ0v) is 13.4. The van der Waals surface area contributed by atoms with E-state index in [1.807, 2.05) is 66.9 Å². The largest absolute Gasteiger partial charge is 0.350 e. The van der Waals surface area contributed by atoms with E-state index in [1.165, 1.54) is 11.8 Å². The zero-order valence-electron chi connectivity index (χ0n) is 12.6. The van der Waals surface area contributed by atoms with E-state index in [2.05, 4.69) is 10.3 Å². The van der Waals surface area contributed by atoms with E-state index in [1.54, 1.807) is 13.1 Å². The van der Waals surface area contributed by atoms with Gasteiger partial charge >= 0.3 is 0 Å². The van der Waals surface area contributed by atoms with E-state index >= 15 is 0 Å². The summed E-state index contributed by atoms with van der Waals surface area (Å²) in [6.45, 7) is 1.55. The van der Waals surface area contributed by atoms with Gasteiger partial charge in [0.15, 0.2) is 5.78 Å². The van der Waals surface area contributed by atoms with E-state index in [0.717, 1.165) is 16.4 Å². The SMILES string of the molecule is CS/C(Nc1ccccc1)=C(\C=Nc1ccccc1)C(C)=O. The Labute approximate surface area is 135 Å². The number of benzene rings is 2. The number of carbonyl (C=O) groups is 1. The van der Waals surface area contributed by atoms with Gasteiger partial charge in [0.25, 0.3) is 0 Å². The van der Waals surface area contributed by atoms with Crippen molar-refractivity contribution in [2.45, 2.75) is 6.92 Å². The van der Waals surface area contributed by atoms with Gasteiger partial charge in [0.2, 0.25) is 0 Å². The number of nitrogens with one attached hydrogen (secondary N) is 1. The molecule has 0 saturated carbocycles. The molecule has 4 heteroatoms. The number of carbonyl (C=O) groups excluding carboxylic acids is 1. The Balaban J connectivity index is 2.30. The van der Waals surface area contributed by atoms with Crippen molar-refractivity contribution < 1.29 is 4.79 Å². The van der Waals surface area contributed by atoms with Gasteiger partial charge in [-0.3, -0.25) is 9.79 Å². The van der Waals surface area contributed by atoms with Crippen molar-refractivity contribution in [3.63, 3.8) is 0 Å². The lowest BCUT2D eigenvalue weighted by atomic mass is 10.2.